The van der Waals surface area contributed by atoms with Crippen LogP contribution in [0, 0.1) is 0 Å². The first-order valence-electron chi connectivity index (χ1n) is 4.84. The number of carbonyl (C=O) groups excluding carboxylic acids is 1. The monoisotopic (exact) mass is 217 g/mol. The Balaban J connectivity index is 2.21. The van der Waals surface area contributed by atoms with Gasteiger partial charge >= 0.3 is 12.1 Å². The predicted octanol–water partition coefficient (Wildman–Crippen LogP) is 0.317. The summed E-state index contributed by atoms with van der Waals surface area (Å²) in [7, 11) is 0. The van der Waals surface area contributed by atoms with Gasteiger partial charge in [-0.15, -0.1) is 0 Å². The number of hydrogen-bond acceptors (Lipinski definition) is 4. The molecule has 0 saturated carbocycles. The van der Waals surface area contributed by atoms with E-state index >= 15 is 0 Å². The smallest absolute Gasteiger partial charge is 0.407 e. The average molecular weight is 217 g/mol. The summed E-state index contributed by atoms with van der Waals surface area (Å²) in [5.41, 5.74) is 0. The highest BCUT2D eigenvalue weighted by Gasteiger charge is 2.33. The van der Waals surface area contributed by atoms with Gasteiger partial charge < -0.3 is 19.5 Å². The molecule has 86 valence electrons. The van der Waals surface area contributed by atoms with Crippen LogP contribution in [0.15, 0.2) is 0 Å². The summed E-state index contributed by atoms with van der Waals surface area (Å²) in [6, 6.07) is 0. The minimum Gasteiger partial charge on any atom is -0.465 e. The molecule has 6 nitrogen and oxygen atoms in total. The number of nitrogens with zero attached hydrogens (tertiary/aromatic N) is 1. The Labute approximate surface area is 87.8 Å². The van der Waals surface area contributed by atoms with Crippen LogP contribution >= 0.6 is 0 Å². The number of rotatable bonds is 4. The molecule has 0 spiro atoms. The summed E-state index contributed by atoms with van der Waals surface area (Å²) < 4.78 is 10.1. The van der Waals surface area contributed by atoms with Crippen LogP contribution in [0.4, 0.5) is 4.79 Å². The van der Waals surface area contributed by atoms with Gasteiger partial charge in [0.15, 0.2) is 6.10 Å². The molecule has 1 amide bonds. The highest BCUT2D eigenvalue weighted by Crippen LogP contribution is 2.13. The Morgan fingerprint density at radius 1 is 1.53 bits per heavy atom. The highest BCUT2D eigenvalue weighted by molar-refractivity contribution is 5.74. The first kappa shape index (κ1) is 11.8. The fourth-order valence-corrected chi connectivity index (χ4v) is 1.28. The van der Waals surface area contributed by atoms with E-state index in [4.69, 9.17) is 14.6 Å². The Bertz CT molecular complexity index is 249. The van der Waals surface area contributed by atoms with Gasteiger partial charge in [0.05, 0.1) is 25.8 Å². The van der Waals surface area contributed by atoms with Crippen molar-refractivity contribution in [2.75, 3.05) is 19.7 Å². The maximum Gasteiger partial charge on any atom is 0.407 e. The first-order chi connectivity index (χ1) is 7.04. The van der Waals surface area contributed by atoms with Gasteiger partial charge in [0.1, 0.15) is 0 Å². The van der Waals surface area contributed by atoms with Gasteiger partial charge in [0.25, 0.3) is 0 Å². The third-order valence-electron chi connectivity index (χ3n) is 2.13. The van der Waals surface area contributed by atoms with E-state index in [1.165, 1.54) is 4.90 Å². The van der Waals surface area contributed by atoms with Crippen molar-refractivity contribution in [1.82, 2.24) is 4.90 Å². The van der Waals surface area contributed by atoms with Crippen molar-refractivity contribution in [3.8, 4) is 0 Å². The number of likely N-dealkylation sites (tertiary alicyclic amines) is 1. The summed E-state index contributed by atoms with van der Waals surface area (Å²) in [5, 5.41) is 8.56. The van der Waals surface area contributed by atoms with E-state index < -0.39 is 18.2 Å². The van der Waals surface area contributed by atoms with Crippen molar-refractivity contribution in [3.05, 3.63) is 0 Å². The molecule has 0 aliphatic carbocycles. The summed E-state index contributed by atoms with van der Waals surface area (Å²) in [5.74, 6) is -0.411. The molecule has 0 aromatic rings. The molecule has 1 aliphatic rings. The van der Waals surface area contributed by atoms with Gasteiger partial charge in [0.2, 0.25) is 0 Å². The summed E-state index contributed by atoms with van der Waals surface area (Å²) in [6.45, 7) is 4.28. The number of carboxylic acid groups (broad SMARTS) is 1. The maximum atomic E-state index is 11.2. The van der Waals surface area contributed by atoms with Gasteiger partial charge in [-0.3, -0.25) is 0 Å². The van der Waals surface area contributed by atoms with Crippen LogP contribution in [0.5, 0.6) is 0 Å². The molecule has 0 bridgehead atoms. The molecule has 1 saturated heterocycles. The molecule has 1 atom stereocenters. The Morgan fingerprint density at radius 3 is 2.60 bits per heavy atom. The average Bonchev–Trinajstić information content (AvgIpc) is 2.09. The third-order valence-corrected chi connectivity index (χ3v) is 2.13. The SMILES string of the molecule is CCOC(=O)C(C)OC1CN(C(=O)O)C1. The molecule has 15 heavy (non-hydrogen) atoms. The zero-order valence-electron chi connectivity index (χ0n) is 8.80. The molecule has 0 aromatic heterocycles. The molecular weight excluding hydrogens is 202 g/mol. The van der Waals surface area contributed by atoms with Gasteiger partial charge in [-0.1, -0.05) is 0 Å². The Kier molecular flexibility index (Phi) is 3.90. The van der Waals surface area contributed by atoms with E-state index in [1.807, 2.05) is 0 Å². The Hall–Kier alpha value is -1.30. The molecule has 1 heterocycles. The summed E-state index contributed by atoms with van der Waals surface area (Å²) in [4.78, 5) is 22.8. The molecular formula is C9H15NO5. The Morgan fingerprint density at radius 2 is 2.13 bits per heavy atom. The quantitative estimate of drug-likeness (QED) is 0.686. The lowest BCUT2D eigenvalue weighted by molar-refractivity contribution is -0.164. The van der Waals surface area contributed by atoms with E-state index in [2.05, 4.69) is 0 Å². The molecule has 0 aromatic carbocycles. The molecule has 1 rings (SSSR count). The largest absolute Gasteiger partial charge is 0.465 e. The lowest BCUT2D eigenvalue weighted by Gasteiger charge is -2.37. The topological polar surface area (TPSA) is 76.1 Å². The third kappa shape index (κ3) is 3.09. The second-order valence-electron chi connectivity index (χ2n) is 3.34. The van der Waals surface area contributed by atoms with Crippen LogP contribution < -0.4 is 0 Å². The lowest BCUT2D eigenvalue weighted by Crippen LogP contribution is -2.55. The minimum absolute atomic E-state index is 0.194. The van der Waals surface area contributed by atoms with Crippen molar-refractivity contribution < 1.29 is 24.2 Å². The maximum absolute atomic E-state index is 11.2. The number of ether oxygens (including phenoxy) is 2. The van der Waals surface area contributed by atoms with Gasteiger partial charge in [0, 0.05) is 0 Å². The molecule has 1 unspecified atom stereocenters. The fourth-order valence-electron chi connectivity index (χ4n) is 1.28. The van der Waals surface area contributed by atoms with Gasteiger partial charge in [-0.25, -0.2) is 9.59 Å². The summed E-state index contributed by atoms with van der Waals surface area (Å²) in [6.07, 6.45) is -1.79. The van der Waals surface area contributed by atoms with Crippen LogP contribution in [0.1, 0.15) is 13.8 Å². The standard InChI is InChI=1S/C9H15NO5/c1-3-14-8(11)6(2)15-7-4-10(5-7)9(12)13/h6-7H,3-5H2,1-2H3,(H,12,13). The highest BCUT2D eigenvalue weighted by atomic mass is 16.6. The molecule has 1 fully saturated rings. The van der Waals surface area contributed by atoms with Crippen molar-refractivity contribution in [2.45, 2.75) is 26.1 Å². The number of carbonyl (C=O) groups is 2. The number of hydrogen-bond donors (Lipinski definition) is 1. The van der Waals surface area contributed by atoms with Crippen molar-refractivity contribution in [2.24, 2.45) is 0 Å². The summed E-state index contributed by atoms with van der Waals surface area (Å²) >= 11 is 0. The van der Waals surface area contributed by atoms with Crippen molar-refractivity contribution in [1.29, 1.82) is 0 Å². The van der Waals surface area contributed by atoms with Crippen molar-refractivity contribution in [3.63, 3.8) is 0 Å². The van der Waals surface area contributed by atoms with Gasteiger partial charge in [-0.05, 0) is 13.8 Å². The fraction of sp³-hybridized carbons (Fsp3) is 0.778. The number of amides is 1. The van der Waals surface area contributed by atoms with Crippen LogP contribution in [0.3, 0.4) is 0 Å². The molecule has 1 aliphatic heterocycles. The number of esters is 1. The van der Waals surface area contributed by atoms with E-state index in [9.17, 15) is 9.59 Å². The zero-order chi connectivity index (χ0) is 11.4. The lowest BCUT2D eigenvalue weighted by atomic mass is 10.2. The normalized spacial score (nSPS) is 18.1. The zero-order valence-corrected chi connectivity index (χ0v) is 8.80. The van der Waals surface area contributed by atoms with Gasteiger partial charge in [-0.2, -0.15) is 0 Å². The van der Waals surface area contributed by atoms with E-state index in [0.717, 1.165) is 0 Å². The molecule has 6 heteroatoms. The van der Waals surface area contributed by atoms with E-state index in [-0.39, 0.29) is 6.10 Å². The van der Waals surface area contributed by atoms with E-state index in [1.54, 1.807) is 13.8 Å². The van der Waals surface area contributed by atoms with Crippen molar-refractivity contribution >= 4 is 12.1 Å². The van der Waals surface area contributed by atoms with Crippen LogP contribution in [0.2, 0.25) is 0 Å². The first-order valence-corrected chi connectivity index (χ1v) is 4.84. The molecule has 1 N–H and O–H groups in total. The predicted molar refractivity (Wildman–Crippen MR) is 50.6 cm³/mol. The van der Waals surface area contributed by atoms with Crippen LogP contribution in [0.25, 0.3) is 0 Å². The molecule has 0 radical (unpaired) electrons. The minimum atomic E-state index is -0.960. The van der Waals surface area contributed by atoms with E-state index in [0.29, 0.717) is 19.7 Å². The van der Waals surface area contributed by atoms with Crippen LogP contribution in [-0.4, -0.2) is 54.0 Å². The second kappa shape index (κ2) is 4.97. The van der Waals surface area contributed by atoms with Crippen LogP contribution in [-0.2, 0) is 14.3 Å². The second-order valence-corrected chi connectivity index (χ2v) is 3.34.